The quantitative estimate of drug-likeness (QED) is 0.685. The highest BCUT2D eigenvalue weighted by Crippen LogP contribution is 2.59. The molecule has 2 nitrogen and oxygen atoms in total. The van der Waals surface area contributed by atoms with Gasteiger partial charge in [0.2, 0.25) is 0 Å². The van der Waals surface area contributed by atoms with Crippen LogP contribution in [0.1, 0.15) is 45.2 Å². The Hall–Kier alpha value is -1.06. The Morgan fingerprint density at radius 2 is 2.17 bits per heavy atom. The monoisotopic (exact) mass is 388 g/mol. The Bertz CT molecular complexity index is 700. The minimum Gasteiger partial charge on any atom is -0.368 e. The number of hydrogen-bond acceptors (Lipinski definition) is 2. The second-order valence-electron chi connectivity index (χ2n) is 8.11. The van der Waals surface area contributed by atoms with Crippen molar-refractivity contribution in [1.29, 1.82) is 0 Å². The van der Waals surface area contributed by atoms with Crippen LogP contribution >= 0.6 is 15.9 Å². The van der Waals surface area contributed by atoms with Crippen LogP contribution in [-0.4, -0.2) is 24.7 Å². The zero-order valence-corrected chi connectivity index (χ0v) is 17.1. The molecule has 0 aromatic heterocycles. The molecular weight excluding hydrogens is 360 g/mol. The van der Waals surface area contributed by atoms with Crippen molar-refractivity contribution in [3.63, 3.8) is 0 Å². The van der Waals surface area contributed by atoms with E-state index in [-0.39, 0.29) is 10.8 Å². The first-order chi connectivity index (χ1) is 11.2. The van der Waals surface area contributed by atoms with E-state index in [0.29, 0.717) is 6.17 Å². The van der Waals surface area contributed by atoms with E-state index in [4.69, 9.17) is 0 Å². The molecule has 130 valence electrons. The maximum absolute atomic E-state index is 4.16. The molecule has 1 fully saturated rings. The third kappa shape index (κ3) is 2.40. The fourth-order valence-electron chi connectivity index (χ4n) is 4.52. The molecule has 2 aliphatic heterocycles. The number of nitrogens with zero attached hydrogens (tertiary/aromatic N) is 1. The molecule has 3 rings (SSSR count). The number of fused-ring (bicyclic) bond motifs is 3. The van der Waals surface area contributed by atoms with Crippen molar-refractivity contribution in [1.82, 2.24) is 4.90 Å². The summed E-state index contributed by atoms with van der Waals surface area (Å²) in [7, 11) is 2.23. The lowest BCUT2D eigenvalue weighted by atomic mass is 9.60. The molecule has 0 aliphatic carbocycles. The van der Waals surface area contributed by atoms with Gasteiger partial charge >= 0.3 is 0 Å². The molecular formula is C21H29BrN2. The molecule has 0 radical (unpaired) electrons. The third-order valence-electron chi connectivity index (χ3n) is 6.16. The van der Waals surface area contributed by atoms with Gasteiger partial charge in [0.1, 0.15) is 0 Å². The first-order valence-corrected chi connectivity index (χ1v) is 9.59. The fourth-order valence-corrected chi connectivity index (χ4v) is 5.01. The van der Waals surface area contributed by atoms with Crippen LogP contribution < -0.4 is 5.32 Å². The van der Waals surface area contributed by atoms with Gasteiger partial charge in [0.15, 0.2) is 0 Å². The summed E-state index contributed by atoms with van der Waals surface area (Å²) in [5.74, 6) is 0. The SMILES string of the molecule is C=CC(C)(C)[C@@]12CCN(C)[C@@H]1Nc1c2ccc(Br)c1CC=C(C)C. The predicted octanol–water partition coefficient (Wildman–Crippen LogP) is 5.49. The van der Waals surface area contributed by atoms with Gasteiger partial charge in [-0.1, -0.05) is 53.6 Å². The van der Waals surface area contributed by atoms with E-state index in [2.05, 4.69) is 91.8 Å². The van der Waals surface area contributed by atoms with Crippen molar-refractivity contribution in [3.05, 3.63) is 52.0 Å². The third-order valence-corrected chi connectivity index (χ3v) is 6.90. The van der Waals surface area contributed by atoms with Crippen molar-refractivity contribution in [2.45, 2.75) is 52.1 Å². The standard InChI is InChI=1S/C21H29BrN2/c1-7-20(4,5)21-12-13-24(6)19(21)23-18-15(9-8-14(2)3)17(22)11-10-16(18)21/h7-8,10-11,19,23H,1,9,12-13H2,2-6H3/t19-,21+/m0/s1. The number of hydrogen-bond donors (Lipinski definition) is 1. The van der Waals surface area contributed by atoms with Crippen LogP contribution in [0.3, 0.4) is 0 Å². The van der Waals surface area contributed by atoms with E-state index in [1.54, 1.807) is 0 Å². The second kappa shape index (κ2) is 6.03. The molecule has 2 heterocycles. The van der Waals surface area contributed by atoms with Crippen molar-refractivity contribution in [2.75, 3.05) is 18.9 Å². The molecule has 0 amide bonds. The summed E-state index contributed by atoms with van der Waals surface area (Å²) in [6.45, 7) is 14.3. The van der Waals surface area contributed by atoms with Gasteiger partial charge in [-0.15, -0.1) is 6.58 Å². The van der Waals surface area contributed by atoms with Crippen LogP contribution in [0.2, 0.25) is 0 Å². The van der Waals surface area contributed by atoms with Crippen molar-refractivity contribution in [2.24, 2.45) is 5.41 Å². The van der Waals surface area contributed by atoms with E-state index in [9.17, 15) is 0 Å². The number of likely N-dealkylation sites (N-methyl/N-ethyl adjacent to an activating group) is 1. The van der Waals surface area contributed by atoms with Gasteiger partial charge in [-0.05, 0) is 56.3 Å². The molecule has 0 bridgehead atoms. The molecule has 0 unspecified atom stereocenters. The Kier molecular flexibility index (Phi) is 4.46. The lowest BCUT2D eigenvalue weighted by Crippen LogP contribution is -2.49. The molecule has 24 heavy (non-hydrogen) atoms. The van der Waals surface area contributed by atoms with E-state index in [1.165, 1.54) is 26.9 Å². The van der Waals surface area contributed by atoms with Gasteiger partial charge in [0.25, 0.3) is 0 Å². The maximum atomic E-state index is 4.16. The Balaban J connectivity index is 2.20. The summed E-state index contributed by atoms with van der Waals surface area (Å²) in [5.41, 5.74) is 5.63. The Morgan fingerprint density at radius 3 is 2.79 bits per heavy atom. The predicted molar refractivity (Wildman–Crippen MR) is 108 cm³/mol. The smallest absolute Gasteiger partial charge is 0.0899 e. The number of allylic oxidation sites excluding steroid dienone is 3. The number of rotatable bonds is 4. The maximum Gasteiger partial charge on any atom is 0.0899 e. The molecule has 1 N–H and O–H groups in total. The molecule has 0 saturated carbocycles. The summed E-state index contributed by atoms with van der Waals surface area (Å²) in [4.78, 5) is 2.46. The van der Waals surface area contributed by atoms with Gasteiger partial charge in [-0.3, -0.25) is 4.90 Å². The highest BCUT2D eigenvalue weighted by atomic mass is 79.9. The minimum atomic E-state index is 0.0300. The van der Waals surface area contributed by atoms with Gasteiger partial charge in [0.05, 0.1) is 6.17 Å². The molecule has 1 aromatic rings. The van der Waals surface area contributed by atoms with Crippen molar-refractivity contribution < 1.29 is 0 Å². The van der Waals surface area contributed by atoms with E-state index < -0.39 is 0 Å². The summed E-state index contributed by atoms with van der Waals surface area (Å²) in [5, 5.41) is 3.88. The zero-order chi connectivity index (χ0) is 17.7. The first-order valence-electron chi connectivity index (χ1n) is 8.80. The highest BCUT2D eigenvalue weighted by molar-refractivity contribution is 9.10. The molecule has 2 atom stereocenters. The van der Waals surface area contributed by atoms with Crippen LogP contribution in [0.15, 0.2) is 40.9 Å². The van der Waals surface area contributed by atoms with Crippen LogP contribution in [0.5, 0.6) is 0 Å². The summed E-state index contributed by atoms with van der Waals surface area (Å²) < 4.78 is 1.19. The zero-order valence-electron chi connectivity index (χ0n) is 15.5. The largest absolute Gasteiger partial charge is 0.368 e. The van der Waals surface area contributed by atoms with Gasteiger partial charge in [0, 0.05) is 22.1 Å². The molecule has 1 aromatic carbocycles. The average Bonchev–Trinajstić information content (AvgIpc) is 3.03. The topological polar surface area (TPSA) is 15.3 Å². The van der Waals surface area contributed by atoms with E-state index in [0.717, 1.165) is 19.4 Å². The van der Waals surface area contributed by atoms with E-state index in [1.807, 2.05) is 0 Å². The van der Waals surface area contributed by atoms with E-state index >= 15 is 0 Å². The number of anilines is 1. The van der Waals surface area contributed by atoms with Gasteiger partial charge < -0.3 is 5.32 Å². The number of halogens is 1. The minimum absolute atomic E-state index is 0.0300. The lowest BCUT2D eigenvalue weighted by molar-refractivity contribution is 0.178. The lowest BCUT2D eigenvalue weighted by Gasteiger charge is -2.43. The molecule has 1 saturated heterocycles. The number of benzene rings is 1. The van der Waals surface area contributed by atoms with Gasteiger partial charge in [-0.2, -0.15) is 0 Å². The molecule has 0 spiro atoms. The fraction of sp³-hybridized carbons (Fsp3) is 0.524. The number of likely N-dealkylation sites (tertiary alicyclic amines) is 1. The molecule has 3 heteroatoms. The summed E-state index contributed by atoms with van der Waals surface area (Å²) >= 11 is 3.78. The number of nitrogens with one attached hydrogen (secondary N) is 1. The van der Waals surface area contributed by atoms with Crippen LogP contribution in [0, 0.1) is 5.41 Å². The van der Waals surface area contributed by atoms with Crippen LogP contribution in [0.25, 0.3) is 0 Å². The van der Waals surface area contributed by atoms with Crippen molar-refractivity contribution >= 4 is 21.6 Å². The Labute approximate surface area is 155 Å². The second-order valence-corrected chi connectivity index (χ2v) is 8.96. The normalized spacial score (nSPS) is 25.8. The summed E-state index contributed by atoms with van der Waals surface area (Å²) in [6, 6.07) is 4.55. The van der Waals surface area contributed by atoms with Crippen molar-refractivity contribution in [3.8, 4) is 0 Å². The summed E-state index contributed by atoms with van der Waals surface area (Å²) in [6.07, 6.45) is 6.91. The van der Waals surface area contributed by atoms with Crippen LogP contribution in [0.4, 0.5) is 5.69 Å². The van der Waals surface area contributed by atoms with Gasteiger partial charge in [-0.25, -0.2) is 0 Å². The first kappa shape index (κ1) is 17.8. The molecule has 2 aliphatic rings. The average molecular weight is 389 g/mol. The Morgan fingerprint density at radius 1 is 1.46 bits per heavy atom. The van der Waals surface area contributed by atoms with Crippen LogP contribution in [-0.2, 0) is 11.8 Å². The highest BCUT2D eigenvalue weighted by Gasteiger charge is 2.59.